The number of ether oxygens (including phenoxy) is 2. The number of anilines is 2. The number of aromatic carboxylic acids is 1. The van der Waals surface area contributed by atoms with Crippen LogP contribution in [0.15, 0.2) is 30.5 Å². The van der Waals surface area contributed by atoms with Gasteiger partial charge in [-0.05, 0) is 117 Å². The monoisotopic (exact) mass is 740 g/mol. The van der Waals surface area contributed by atoms with E-state index < -0.39 is 5.97 Å². The van der Waals surface area contributed by atoms with E-state index in [1.54, 1.807) is 7.11 Å². The molecule has 4 fully saturated rings. The molecule has 0 amide bonds. The number of benzene rings is 1. The lowest BCUT2D eigenvalue weighted by atomic mass is 9.39. The number of pyridine rings is 1. The molecule has 0 saturated heterocycles. The summed E-state index contributed by atoms with van der Waals surface area (Å²) in [6, 6.07) is 7.78. The Kier molecular flexibility index (Phi) is 8.66. The van der Waals surface area contributed by atoms with Crippen LogP contribution in [-0.2, 0) is 17.7 Å². The zero-order valence-electron chi connectivity index (χ0n) is 31.6. The number of aromatic nitrogens is 5. The largest absolute Gasteiger partial charge is 0.497 e. The summed E-state index contributed by atoms with van der Waals surface area (Å²) < 4.78 is 14.1. The molecule has 53 heavy (non-hydrogen) atoms. The van der Waals surface area contributed by atoms with E-state index in [2.05, 4.69) is 28.7 Å². The molecule has 2 atom stereocenters. The maximum atomic E-state index is 13.3. The van der Waals surface area contributed by atoms with Gasteiger partial charge in [0.05, 0.1) is 32.1 Å². The van der Waals surface area contributed by atoms with E-state index in [1.165, 1.54) is 6.42 Å². The minimum atomic E-state index is -1.11. The minimum Gasteiger partial charge on any atom is -0.497 e. The van der Waals surface area contributed by atoms with Crippen LogP contribution >= 0.6 is 11.6 Å². The molecule has 4 aliphatic carbocycles. The normalized spacial score (nSPS) is 27.3. The summed E-state index contributed by atoms with van der Waals surface area (Å²) in [4.78, 5) is 20.3. The van der Waals surface area contributed by atoms with E-state index in [0.717, 1.165) is 96.3 Å². The van der Waals surface area contributed by atoms with Crippen molar-refractivity contribution in [2.45, 2.75) is 98.1 Å². The first-order valence-electron chi connectivity index (χ1n) is 18.7. The molecule has 3 aromatic heterocycles. The smallest absolute Gasteiger partial charge is 0.355 e. The summed E-state index contributed by atoms with van der Waals surface area (Å²) in [5.41, 5.74) is 6.57. The van der Waals surface area contributed by atoms with Crippen LogP contribution in [0.3, 0.4) is 0 Å². The second-order valence-electron chi connectivity index (χ2n) is 17.1. The summed E-state index contributed by atoms with van der Waals surface area (Å²) in [5.74, 6) is 0.764. The van der Waals surface area contributed by atoms with E-state index in [4.69, 9.17) is 31.2 Å². The first kappa shape index (κ1) is 35.9. The number of nitrogens with zero attached hydrogens (tertiary/aromatic N) is 6. The molecule has 280 valence electrons. The van der Waals surface area contributed by atoms with Crippen molar-refractivity contribution < 1.29 is 24.5 Å². The predicted octanol–water partition coefficient (Wildman–Crippen LogP) is 7.90. The number of aliphatic hydroxyl groups is 1. The Bertz CT molecular complexity index is 2100. The van der Waals surface area contributed by atoms with Crippen molar-refractivity contribution in [3.63, 3.8) is 0 Å². The highest BCUT2D eigenvalue weighted by atomic mass is 35.5. The van der Waals surface area contributed by atoms with Crippen molar-refractivity contribution in [2.24, 2.45) is 16.2 Å². The van der Waals surface area contributed by atoms with Gasteiger partial charge >= 0.3 is 5.97 Å². The van der Waals surface area contributed by atoms with Crippen LogP contribution in [0.4, 0.5) is 11.6 Å². The lowest BCUT2D eigenvalue weighted by molar-refractivity contribution is -0.250. The Morgan fingerprint density at radius 3 is 2.32 bits per heavy atom. The fraction of sp³-hybridized carbons (Fsp3) is 0.537. The van der Waals surface area contributed by atoms with Gasteiger partial charge in [0.1, 0.15) is 11.6 Å². The zero-order valence-corrected chi connectivity index (χ0v) is 32.3. The lowest BCUT2D eigenvalue weighted by Gasteiger charge is -2.69. The number of hydrogen-bond donors (Lipinski definition) is 2. The Balaban J connectivity index is 1.26. The highest BCUT2D eigenvalue weighted by Crippen LogP contribution is 2.72. The number of carboxylic acids is 1. The molecule has 2 N–H and O–H groups in total. The van der Waals surface area contributed by atoms with Gasteiger partial charge in [0.2, 0.25) is 0 Å². The first-order chi connectivity index (χ1) is 25.2. The molecule has 5 aliphatic rings. The molecular weight excluding hydrogens is 692 g/mol. The molecular formula is C41H49ClN6O5. The Morgan fingerprint density at radius 2 is 1.66 bits per heavy atom. The molecule has 9 rings (SSSR count). The molecule has 0 spiro atoms. The summed E-state index contributed by atoms with van der Waals surface area (Å²) in [6.45, 7) is 12.5. The Hall–Kier alpha value is -4.06. The minimum absolute atomic E-state index is 0.0199. The Labute approximate surface area is 315 Å². The van der Waals surface area contributed by atoms with Crippen molar-refractivity contribution in [3.05, 3.63) is 63.7 Å². The summed E-state index contributed by atoms with van der Waals surface area (Å²) in [6.07, 6.45) is 9.78. The summed E-state index contributed by atoms with van der Waals surface area (Å²) in [5, 5.41) is 34.6. The molecule has 1 aliphatic heterocycles. The van der Waals surface area contributed by atoms with Gasteiger partial charge in [-0.15, -0.1) is 10.2 Å². The van der Waals surface area contributed by atoms with Gasteiger partial charge in [0.15, 0.2) is 16.7 Å². The van der Waals surface area contributed by atoms with Crippen LogP contribution < -0.4 is 9.64 Å². The standard InChI is InChI=1S/C41H49ClN6O5/c1-24-29-8-7-13-47(35(29)46-45-34(24)42)36-31(27-9-11-28(52-6)12-10-27)25(2)32(33(44-36)37(50)51)30-16-43-48(26(30)3)23-40-18-38(4)17-39(5,19-40)21-41(20-38,22-40)53-15-14-49/h9-12,16,49H,7-8,13-15,17-23H2,1-6H3,(H,50,51). The number of hydrogen-bond acceptors (Lipinski definition) is 9. The van der Waals surface area contributed by atoms with Crippen molar-refractivity contribution in [2.75, 3.05) is 31.8 Å². The number of fused-ring (bicyclic) bond motifs is 1. The third-order valence-electron chi connectivity index (χ3n) is 12.6. The molecule has 4 bridgehead atoms. The second kappa shape index (κ2) is 12.8. The molecule has 4 saturated carbocycles. The van der Waals surface area contributed by atoms with Gasteiger partial charge in [-0.3, -0.25) is 4.68 Å². The predicted molar refractivity (Wildman–Crippen MR) is 203 cm³/mol. The zero-order chi connectivity index (χ0) is 37.5. The third-order valence-corrected chi connectivity index (χ3v) is 13.0. The number of rotatable bonds is 10. The van der Waals surface area contributed by atoms with Gasteiger partial charge in [0.25, 0.3) is 0 Å². The molecule has 4 heterocycles. The van der Waals surface area contributed by atoms with Crippen LogP contribution in [0.25, 0.3) is 22.3 Å². The average molecular weight is 741 g/mol. The van der Waals surface area contributed by atoms with Gasteiger partial charge in [-0.2, -0.15) is 5.10 Å². The van der Waals surface area contributed by atoms with Gasteiger partial charge < -0.3 is 24.6 Å². The molecule has 0 radical (unpaired) electrons. The molecule has 1 aromatic carbocycles. The highest BCUT2D eigenvalue weighted by molar-refractivity contribution is 6.30. The van der Waals surface area contributed by atoms with Crippen molar-refractivity contribution >= 4 is 29.2 Å². The fourth-order valence-electron chi connectivity index (χ4n) is 11.8. The van der Waals surface area contributed by atoms with E-state index in [0.29, 0.717) is 35.5 Å². The number of carbonyl (C=O) groups is 1. The van der Waals surface area contributed by atoms with Crippen molar-refractivity contribution in [1.82, 2.24) is 25.0 Å². The maximum absolute atomic E-state index is 13.3. The number of carboxylic acid groups (broad SMARTS) is 1. The van der Waals surface area contributed by atoms with E-state index >= 15 is 0 Å². The number of methoxy groups -OCH3 is 1. The van der Waals surface area contributed by atoms with Crippen LogP contribution in [0, 0.1) is 37.0 Å². The quantitative estimate of drug-likeness (QED) is 0.165. The molecule has 4 aromatic rings. The highest BCUT2D eigenvalue weighted by Gasteiger charge is 2.66. The van der Waals surface area contributed by atoms with Crippen molar-refractivity contribution in [1.29, 1.82) is 0 Å². The van der Waals surface area contributed by atoms with Crippen LogP contribution in [0.5, 0.6) is 5.75 Å². The SMILES string of the molecule is COc1ccc(-c2c(N3CCCc4c3nnc(Cl)c4C)nc(C(=O)O)c(-c3cnn(CC45CC6(C)CC(C)(C4)CC(OCCO)(C6)C5)c3C)c2C)cc1. The van der Waals surface area contributed by atoms with Gasteiger partial charge in [-0.25, -0.2) is 9.78 Å². The Morgan fingerprint density at radius 1 is 0.943 bits per heavy atom. The van der Waals surface area contributed by atoms with E-state index in [1.807, 2.05) is 56.1 Å². The van der Waals surface area contributed by atoms with Crippen LogP contribution in [0.1, 0.15) is 91.7 Å². The summed E-state index contributed by atoms with van der Waals surface area (Å²) in [7, 11) is 1.64. The van der Waals surface area contributed by atoms with E-state index in [-0.39, 0.29) is 34.1 Å². The van der Waals surface area contributed by atoms with Gasteiger partial charge in [0, 0.05) is 41.0 Å². The fourth-order valence-corrected chi connectivity index (χ4v) is 12.0. The summed E-state index contributed by atoms with van der Waals surface area (Å²) >= 11 is 6.41. The molecule has 2 unspecified atom stereocenters. The number of aliphatic hydroxyl groups excluding tert-OH is 1. The molecule has 12 heteroatoms. The average Bonchev–Trinajstić information content (AvgIpc) is 3.44. The molecule has 11 nitrogen and oxygen atoms in total. The first-order valence-corrected chi connectivity index (χ1v) is 19.1. The second-order valence-corrected chi connectivity index (χ2v) is 17.5. The van der Waals surface area contributed by atoms with Crippen LogP contribution in [0.2, 0.25) is 5.15 Å². The number of halogens is 1. The maximum Gasteiger partial charge on any atom is 0.355 e. The van der Waals surface area contributed by atoms with Crippen LogP contribution in [-0.4, -0.2) is 73.6 Å². The topological polar surface area (TPSA) is 136 Å². The lowest BCUT2D eigenvalue weighted by Crippen LogP contribution is -2.64. The van der Waals surface area contributed by atoms with E-state index in [9.17, 15) is 15.0 Å². The van der Waals surface area contributed by atoms with Gasteiger partial charge in [-0.1, -0.05) is 37.6 Å². The third kappa shape index (κ3) is 5.99. The van der Waals surface area contributed by atoms with Crippen molar-refractivity contribution in [3.8, 4) is 28.0 Å².